The van der Waals surface area contributed by atoms with E-state index in [1.807, 2.05) is 0 Å². The lowest BCUT2D eigenvalue weighted by Gasteiger charge is -2.31. The zero-order valence-electron chi connectivity index (χ0n) is 12.4. The Bertz CT molecular complexity index is 414. The van der Waals surface area contributed by atoms with Gasteiger partial charge in [0.2, 0.25) is 0 Å². The monoisotopic (exact) mass is 287 g/mol. The van der Waals surface area contributed by atoms with Crippen LogP contribution in [-0.2, 0) is 23.7 Å². The maximum Gasteiger partial charge on any atom is 0.408 e. The van der Waals surface area contributed by atoms with Crippen molar-refractivity contribution < 1.29 is 28.5 Å². The van der Waals surface area contributed by atoms with Crippen LogP contribution >= 0.6 is 0 Å². The van der Waals surface area contributed by atoms with Crippen LogP contribution in [0.25, 0.3) is 0 Å². The van der Waals surface area contributed by atoms with Crippen molar-refractivity contribution in [3.05, 3.63) is 0 Å². The van der Waals surface area contributed by atoms with E-state index < -0.39 is 41.7 Å². The van der Waals surface area contributed by atoms with E-state index >= 15 is 0 Å². The number of fused-ring (bicyclic) bond motifs is 1. The molecule has 1 amide bonds. The molecule has 20 heavy (non-hydrogen) atoms. The normalized spacial score (nSPS) is 32.2. The Morgan fingerprint density at radius 3 is 2.60 bits per heavy atom. The van der Waals surface area contributed by atoms with Gasteiger partial charge in [-0.15, -0.1) is 0 Å². The minimum Gasteiger partial charge on any atom is -0.461 e. The molecule has 7 heteroatoms. The van der Waals surface area contributed by atoms with Crippen molar-refractivity contribution >= 4 is 12.1 Å². The fourth-order valence-corrected chi connectivity index (χ4v) is 2.20. The number of cyclic esters (lactones) is 1. The summed E-state index contributed by atoms with van der Waals surface area (Å²) < 4.78 is 21.4. The van der Waals surface area contributed by atoms with E-state index in [1.54, 1.807) is 34.6 Å². The Morgan fingerprint density at radius 1 is 1.35 bits per heavy atom. The topological polar surface area (TPSA) is 83.1 Å². The molecule has 1 N–H and O–H groups in total. The van der Waals surface area contributed by atoms with E-state index in [9.17, 15) is 9.59 Å². The summed E-state index contributed by atoms with van der Waals surface area (Å²) in [5.41, 5.74) is -0.596. The van der Waals surface area contributed by atoms with Gasteiger partial charge in [0, 0.05) is 0 Å². The lowest BCUT2D eigenvalue weighted by atomic mass is 10.0. The molecule has 0 aromatic heterocycles. The van der Waals surface area contributed by atoms with E-state index in [-0.39, 0.29) is 6.61 Å². The molecule has 3 atom stereocenters. The summed E-state index contributed by atoms with van der Waals surface area (Å²) in [6, 6.07) is -0.491. The molecule has 0 radical (unpaired) electrons. The molecule has 2 rings (SSSR count). The van der Waals surface area contributed by atoms with Crippen molar-refractivity contribution in [1.29, 1.82) is 0 Å². The predicted octanol–water partition coefficient (Wildman–Crippen LogP) is 0.957. The molecule has 0 spiro atoms. The smallest absolute Gasteiger partial charge is 0.408 e. The summed E-state index contributed by atoms with van der Waals surface area (Å²) in [6.07, 6.45) is -1.97. The Hall–Kier alpha value is -1.34. The van der Waals surface area contributed by atoms with Gasteiger partial charge in [-0.05, 0) is 34.6 Å². The van der Waals surface area contributed by atoms with E-state index in [0.29, 0.717) is 0 Å². The lowest BCUT2D eigenvalue weighted by molar-refractivity contribution is -0.169. The second-order valence-electron chi connectivity index (χ2n) is 6.40. The number of alkyl carbamates (subject to hydrolysis) is 1. The van der Waals surface area contributed by atoms with Crippen molar-refractivity contribution in [2.75, 3.05) is 6.61 Å². The van der Waals surface area contributed by atoms with Crippen molar-refractivity contribution in [3.8, 4) is 0 Å². The third-order valence-corrected chi connectivity index (χ3v) is 2.87. The second kappa shape index (κ2) is 4.89. The number of rotatable bonds is 1. The lowest BCUT2D eigenvalue weighted by Crippen LogP contribution is -2.57. The number of hydrogen-bond donors (Lipinski definition) is 1. The molecule has 0 unspecified atom stereocenters. The predicted molar refractivity (Wildman–Crippen MR) is 67.9 cm³/mol. The van der Waals surface area contributed by atoms with Gasteiger partial charge in [0.05, 0.1) is 6.04 Å². The van der Waals surface area contributed by atoms with Gasteiger partial charge in [0.25, 0.3) is 0 Å². The highest BCUT2D eigenvalue weighted by Crippen LogP contribution is 2.33. The Labute approximate surface area is 117 Å². The van der Waals surface area contributed by atoms with Crippen molar-refractivity contribution in [2.45, 2.75) is 64.3 Å². The average molecular weight is 287 g/mol. The van der Waals surface area contributed by atoms with E-state index in [4.69, 9.17) is 18.9 Å². The number of hydrogen-bond acceptors (Lipinski definition) is 6. The van der Waals surface area contributed by atoms with Crippen LogP contribution in [0.5, 0.6) is 0 Å². The summed E-state index contributed by atoms with van der Waals surface area (Å²) in [6.45, 7) is 8.78. The maximum absolute atomic E-state index is 11.8. The highest BCUT2D eigenvalue weighted by atomic mass is 16.8. The molecule has 7 nitrogen and oxygen atoms in total. The van der Waals surface area contributed by atoms with Crippen LogP contribution in [0.4, 0.5) is 4.79 Å². The van der Waals surface area contributed by atoms with Crippen LogP contribution in [0, 0.1) is 0 Å². The van der Waals surface area contributed by atoms with Gasteiger partial charge in [0.1, 0.15) is 18.3 Å². The highest BCUT2D eigenvalue weighted by molar-refractivity contribution is 5.77. The number of carbonyl (C=O) groups is 2. The molecule has 0 aromatic rings. The largest absolute Gasteiger partial charge is 0.461 e. The van der Waals surface area contributed by atoms with Crippen molar-refractivity contribution in [3.63, 3.8) is 0 Å². The number of ether oxygens (including phenoxy) is 4. The van der Waals surface area contributed by atoms with E-state index in [0.717, 1.165) is 0 Å². The molecule has 2 aliphatic heterocycles. The molecule has 2 saturated heterocycles. The van der Waals surface area contributed by atoms with Gasteiger partial charge in [-0.3, -0.25) is 0 Å². The molecular weight excluding hydrogens is 266 g/mol. The van der Waals surface area contributed by atoms with Gasteiger partial charge < -0.3 is 24.3 Å². The Morgan fingerprint density at radius 2 is 2.00 bits per heavy atom. The van der Waals surface area contributed by atoms with Crippen LogP contribution in [0.1, 0.15) is 34.6 Å². The SMILES string of the molecule is CC(C)(C)OC(=O)N[C@H]1COC(=O)[C@@H]2OC(C)(C)O[C@H]12. The summed E-state index contributed by atoms with van der Waals surface area (Å²) in [4.78, 5) is 23.4. The number of nitrogens with one attached hydrogen (secondary N) is 1. The molecule has 0 aliphatic carbocycles. The molecule has 2 fully saturated rings. The first-order valence-corrected chi connectivity index (χ1v) is 6.59. The number of amides is 1. The first-order chi connectivity index (χ1) is 9.07. The summed E-state index contributed by atoms with van der Waals surface area (Å²) in [7, 11) is 0. The van der Waals surface area contributed by atoms with Gasteiger partial charge >= 0.3 is 12.1 Å². The second-order valence-corrected chi connectivity index (χ2v) is 6.40. The van der Waals surface area contributed by atoms with Crippen molar-refractivity contribution in [2.24, 2.45) is 0 Å². The highest BCUT2D eigenvalue weighted by Gasteiger charge is 2.53. The van der Waals surface area contributed by atoms with Gasteiger partial charge in [-0.2, -0.15) is 0 Å². The molecule has 2 aliphatic rings. The zero-order chi connectivity index (χ0) is 15.1. The molecule has 0 aromatic carbocycles. The number of esters is 1. The first-order valence-electron chi connectivity index (χ1n) is 6.59. The van der Waals surface area contributed by atoms with Gasteiger partial charge in [0.15, 0.2) is 11.9 Å². The Kier molecular flexibility index (Phi) is 3.68. The van der Waals surface area contributed by atoms with Crippen LogP contribution in [0.3, 0.4) is 0 Å². The van der Waals surface area contributed by atoms with Crippen LogP contribution in [0.15, 0.2) is 0 Å². The number of carbonyl (C=O) groups excluding carboxylic acids is 2. The standard InChI is InChI=1S/C13H21NO6/c1-12(2,3)20-11(16)14-7-6-17-10(15)9-8(7)18-13(4,5)19-9/h7-9H,6H2,1-5H3,(H,14,16)/t7-,8+,9+/m0/s1. The van der Waals surface area contributed by atoms with E-state index in [1.165, 1.54) is 0 Å². The summed E-state index contributed by atoms with van der Waals surface area (Å²) in [5.74, 6) is -1.35. The van der Waals surface area contributed by atoms with Crippen LogP contribution < -0.4 is 5.32 Å². The fraction of sp³-hybridized carbons (Fsp3) is 0.846. The minimum absolute atomic E-state index is 0.0404. The average Bonchev–Trinajstić information content (AvgIpc) is 2.56. The summed E-state index contributed by atoms with van der Waals surface area (Å²) in [5, 5.41) is 2.66. The third-order valence-electron chi connectivity index (χ3n) is 2.87. The maximum atomic E-state index is 11.8. The molecule has 0 bridgehead atoms. The quantitative estimate of drug-likeness (QED) is 0.723. The van der Waals surface area contributed by atoms with Gasteiger partial charge in [-0.25, -0.2) is 9.59 Å². The molecule has 114 valence electrons. The van der Waals surface area contributed by atoms with E-state index in [2.05, 4.69) is 5.32 Å². The zero-order valence-corrected chi connectivity index (χ0v) is 12.4. The summed E-state index contributed by atoms with van der Waals surface area (Å²) >= 11 is 0. The molecular formula is C13H21NO6. The molecule has 2 heterocycles. The molecule has 0 saturated carbocycles. The minimum atomic E-state index is -0.882. The van der Waals surface area contributed by atoms with Crippen molar-refractivity contribution in [1.82, 2.24) is 5.32 Å². The van der Waals surface area contributed by atoms with Gasteiger partial charge in [-0.1, -0.05) is 0 Å². The first kappa shape index (κ1) is 15.1. The van der Waals surface area contributed by atoms with Crippen LogP contribution in [-0.4, -0.2) is 48.3 Å². The fourth-order valence-electron chi connectivity index (χ4n) is 2.20. The Balaban J connectivity index is 2.02. The third kappa shape index (κ3) is 3.40. The van der Waals surface area contributed by atoms with Crippen LogP contribution in [0.2, 0.25) is 0 Å².